The highest BCUT2D eigenvalue weighted by Crippen LogP contribution is 2.29. The van der Waals surface area contributed by atoms with E-state index in [2.05, 4.69) is 11.8 Å². The number of sulfonamides is 1. The first kappa shape index (κ1) is 12.9. The van der Waals surface area contributed by atoms with Crippen LogP contribution in [0.25, 0.3) is 0 Å². The molecule has 1 aliphatic carbocycles. The molecule has 0 unspecified atom stereocenters. The highest BCUT2D eigenvalue weighted by atomic mass is 32.2. The van der Waals surface area contributed by atoms with Gasteiger partial charge in [-0.1, -0.05) is 6.92 Å². The summed E-state index contributed by atoms with van der Waals surface area (Å²) < 4.78 is 21.5. The van der Waals surface area contributed by atoms with Crippen molar-refractivity contribution in [1.82, 2.24) is 4.90 Å². The SMILES string of the molecule is CCCN(CCCS(N)(=O)=O)CC1CC1. The molecular weight excluding hydrogens is 212 g/mol. The molecule has 1 aliphatic rings. The highest BCUT2D eigenvalue weighted by Gasteiger charge is 2.23. The molecule has 0 heterocycles. The standard InChI is InChI=1S/C10H22N2O2S/c1-2-6-12(9-10-4-5-10)7-3-8-15(11,13)14/h10H,2-9H2,1H3,(H2,11,13,14). The molecule has 0 saturated heterocycles. The van der Waals surface area contributed by atoms with Gasteiger partial charge in [0.1, 0.15) is 0 Å². The zero-order valence-corrected chi connectivity index (χ0v) is 10.3. The van der Waals surface area contributed by atoms with Crippen LogP contribution < -0.4 is 5.14 Å². The van der Waals surface area contributed by atoms with Crippen molar-refractivity contribution in [3.63, 3.8) is 0 Å². The monoisotopic (exact) mass is 234 g/mol. The van der Waals surface area contributed by atoms with Gasteiger partial charge in [0, 0.05) is 6.54 Å². The smallest absolute Gasteiger partial charge is 0.209 e. The predicted octanol–water partition coefficient (Wildman–Crippen LogP) is 0.787. The van der Waals surface area contributed by atoms with Gasteiger partial charge in [0.2, 0.25) is 10.0 Å². The maximum atomic E-state index is 10.8. The molecule has 5 heteroatoms. The normalized spacial score (nSPS) is 17.3. The average Bonchev–Trinajstić information content (AvgIpc) is 2.86. The highest BCUT2D eigenvalue weighted by molar-refractivity contribution is 7.89. The lowest BCUT2D eigenvalue weighted by Gasteiger charge is -2.21. The van der Waals surface area contributed by atoms with E-state index in [-0.39, 0.29) is 5.75 Å². The number of primary sulfonamides is 1. The van der Waals surface area contributed by atoms with Gasteiger partial charge >= 0.3 is 0 Å². The number of hydrogen-bond acceptors (Lipinski definition) is 3. The van der Waals surface area contributed by atoms with E-state index in [4.69, 9.17) is 5.14 Å². The fourth-order valence-electron chi connectivity index (χ4n) is 1.77. The lowest BCUT2D eigenvalue weighted by molar-refractivity contribution is 0.264. The molecule has 0 aromatic heterocycles. The van der Waals surface area contributed by atoms with Gasteiger partial charge in [-0.3, -0.25) is 0 Å². The lowest BCUT2D eigenvalue weighted by atomic mass is 10.3. The first-order valence-electron chi connectivity index (χ1n) is 5.74. The summed E-state index contributed by atoms with van der Waals surface area (Å²) in [4.78, 5) is 2.36. The first-order chi connectivity index (χ1) is 7.01. The van der Waals surface area contributed by atoms with Gasteiger partial charge in [0.05, 0.1) is 5.75 Å². The second kappa shape index (κ2) is 5.82. The van der Waals surface area contributed by atoms with Gasteiger partial charge in [-0.15, -0.1) is 0 Å². The van der Waals surface area contributed by atoms with Crippen molar-refractivity contribution in [3.8, 4) is 0 Å². The minimum atomic E-state index is -3.27. The quantitative estimate of drug-likeness (QED) is 0.675. The summed E-state index contributed by atoms with van der Waals surface area (Å²) in [6, 6.07) is 0. The third kappa shape index (κ3) is 6.87. The van der Waals surface area contributed by atoms with Gasteiger partial charge in [0.15, 0.2) is 0 Å². The van der Waals surface area contributed by atoms with E-state index in [0.717, 1.165) is 32.0 Å². The second-order valence-electron chi connectivity index (χ2n) is 4.46. The Morgan fingerprint density at radius 3 is 2.47 bits per heavy atom. The van der Waals surface area contributed by atoms with Crippen LogP contribution in [0.15, 0.2) is 0 Å². The van der Waals surface area contributed by atoms with E-state index in [0.29, 0.717) is 6.42 Å². The Hall–Kier alpha value is -0.130. The van der Waals surface area contributed by atoms with E-state index in [9.17, 15) is 8.42 Å². The second-order valence-corrected chi connectivity index (χ2v) is 6.20. The van der Waals surface area contributed by atoms with Crippen LogP contribution in [0.3, 0.4) is 0 Å². The lowest BCUT2D eigenvalue weighted by Crippen LogP contribution is -2.30. The van der Waals surface area contributed by atoms with E-state index in [1.807, 2.05) is 0 Å². The van der Waals surface area contributed by atoms with Crippen LogP contribution in [-0.4, -0.2) is 38.7 Å². The average molecular weight is 234 g/mol. The molecule has 0 radical (unpaired) electrons. The third-order valence-electron chi connectivity index (χ3n) is 2.66. The van der Waals surface area contributed by atoms with E-state index in [1.165, 1.54) is 12.8 Å². The first-order valence-corrected chi connectivity index (χ1v) is 7.45. The van der Waals surface area contributed by atoms with Crippen LogP contribution in [0.2, 0.25) is 0 Å². The minimum absolute atomic E-state index is 0.109. The molecule has 1 fully saturated rings. The molecule has 1 saturated carbocycles. The van der Waals surface area contributed by atoms with Crippen LogP contribution in [0.4, 0.5) is 0 Å². The number of rotatable bonds is 8. The third-order valence-corrected chi connectivity index (χ3v) is 3.51. The van der Waals surface area contributed by atoms with Crippen molar-refractivity contribution >= 4 is 10.0 Å². The molecule has 0 aliphatic heterocycles. The minimum Gasteiger partial charge on any atom is -0.303 e. The zero-order valence-electron chi connectivity index (χ0n) is 9.48. The Morgan fingerprint density at radius 1 is 1.33 bits per heavy atom. The van der Waals surface area contributed by atoms with Crippen molar-refractivity contribution < 1.29 is 8.42 Å². The molecule has 0 aromatic rings. The Morgan fingerprint density at radius 2 is 2.00 bits per heavy atom. The van der Waals surface area contributed by atoms with E-state index in [1.54, 1.807) is 0 Å². The van der Waals surface area contributed by atoms with Gasteiger partial charge in [-0.25, -0.2) is 13.6 Å². The van der Waals surface area contributed by atoms with Crippen molar-refractivity contribution in [2.75, 3.05) is 25.4 Å². The van der Waals surface area contributed by atoms with Gasteiger partial charge < -0.3 is 4.90 Å². The number of hydrogen-bond donors (Lipinski definition) is 1. The predicted molar refractivity (Wildman–Crippen MR) is 62.0 cm³/mol. The van der Waals surface area contributed by atoms with Crippen molar-refractivity contribution in [2.45, 2.75) is 32.6 Å². The molecule has 90 valence electrons. The summed E-state index contributed by atoms with van der Waals surface area (Å²) >= 11 is 0. The van der Waals surface area contributed by atoms with Crippen LogP contribution in [0.5, 0.6) is 0 Å². The largest absolute Gasteiger partial charge is 0.303 e. The van der Waals surface area contributed by atoms with Gasteiger partial charge in [0.25, 0.3) is 0 Å². The van der Waals surface area contributed by atoms with Gasteiger partial charge in [-0.2, -0.15) is 0 Å². The van der Waals surface area contributed by atoms with E-state index < -0.39 is 10.0 Å². The summed E-state index contributed by atoms with van der Waals surface area (Å²) in [5.74, 6) is 0.976. The van der Waals surface area contributed by atoms with Crippen molar-refractivity contribution in [2.24, 2.45) is 11.1 Å². The summed E-state index contributed by atoms with van der Waals surface area (Å²) in [6.45, 7) is 5.22. The summed E-state index contributed by atoms with van der Waals surface area (Å²) in [6.07, 6.45) is 4.47. The van der Waals surface area contributed by atoms with Gasteiger partial charge in [-0.05, 0) is 44.7 Å². The molecule has 0 aromatic carbocycles. The molecule has 0 atom stereocenters. The van der Waals surface area contributed by atoms with Crippen molar-refractivity contribution in [1.29, 1.82) is 0 Å². The van der Waals surface area contributed by atoms with E-state index >= 15 is 0 Å². The number of nitrogens with zero attached hydrogens (tertiary/aromatic N) is 1. The molecular formula is C10H22N2O2S. The summed E-state index contributed by atoms with van der Waals surface area (Å²) in [5.41, 5.74) is 0. The Kier molecular flexibility index (Phi) is 5.02. The topological polar surface area (TPSA) is 63.4 Å². The molecule has 1 rings (SSSR count). The Balaban J connectivity index is 2.18. The Bertz CT molecular complexity index is 273. The van der Waals surface area contributed by atoms with Crippen molar-refractivity contribution in [3.05, 3.63) is 0 Å². The molecule has 0 spiro atoms. The summed E-state index contributed by atoms with van der Waals surface area (Å²) in [7, 11) is -3.27. The fourth-order valence-corrected chi connectivity index (χ4v) is 2.30. The molecule has 0 amide bonds. The summed E-state index contributed by atoms with van der Waals surface area (Å²) in [5, 5.41) is 4.96. The number of nitrogens with two attached hydrogens (primary N) is 1. The van der Waals surface area contributed by atoms with Crippen LogP contribution in [-0.2, 0) is 10.0 Å². The van der Waals surface area contributed by atoms with Crippen LogP contribution >= 0.6 is 0 Å². The Labute approximate surface area is 92.9 Å². The maximum absolute atomic E-state index is 10.8. The van der Waals surface area contributed by atoms with Crippen LogP contribution in [0, 0.1) is 5.92 Å². The molecule has 15 heavy (non-hydrogen) atoms. The maximum Gasteiger partial charge on any atom is 0.209 e. The van der Waals surface area contributed by atoms with Crippen LogP contribution in [0.1, 0.15) is 32.6 Å². The zero-order chi connectivity index (χ0) is 11.3. The molecule has 0 bridgehead atoms. The molecule has 4 nitrogen and oxygen atoms in total. The fraction of sp³-hybridized carbons (Fsp3) is 1.00. The molecule has 2 N–H and O–H groups in total.